The van der Waals surface area contributed by atoms with Gasteiger partial charge in [0.2, 0.25) is 0 Å². The summed E-state index contributed by atoms with van der Waals surface area (Å²) in [5.74, 6) is 0. The summed E-state index contributed by atoms with van der Waals surface area (Å²) in [5, 5.41) is 42.4. The van der Waals surface area contributed by atoms with Gasteiger partial charge in [-0.25, -0.2) is 0 Å². The molecule has 4 aromatic heterocycles. The van der Waals surface area contributed by atoms with E-state index in [0.29, 0.717) is 25.9 Å². The molecule has 0 bridgehead atoms. The van der Waals surface area contributed by atoms with E-state index in [1.165, 1.54) is 0 Å². The van der Waals surface area contributed by atoms with Crippen LogP contribution >= 0.6 is 45.3 Å². The first-order chi connectivity index (χ1) is 14.1. The molecule has 29 heavy (non-hydrogen) atoms. The van der Waals surface area contributed by atoms with E-state index in [1.54, 1.807) is 45.3 Å². The monoisotopic (exact) mass is 461 g/mol. The van der Waals surface area contributed by atoms with Gasteiger partial charge >= 0.3 is 0 Å². The van der Waals surface area contributed by atoms with Crippen LogP contribution in [0.3, 0.4) is 0 Å². The zero-order valence-electron chi connectivity index (χ0n) is 15.8. The molecule has 7 heteroatoms. The molecule has 0 aliphatic heterocycles. The predicted octanol–water partition coefficient (Wildman–Crippen LogP) is 5.47. The number of hydrogen-bond donors (Lipinski definition) is 3. The van der Waals surface area contributed by atoms with Crippen LogP contribution < -0.4 is 5.32 Å². The van der Waals surface area contributed by atoms with E-state index >= 15 is 0 Å². The van der Waals surface area contributed by atoms with Crippen LogP contribution in [0.2, 0.25) is 0 Å². The lowest BCUT2D eigenvalue weighted by Gasteiger charge is -2.29. The van der Waals surface area contributed by atoms with Crippen molar-refractivity contribution >= 4 is 45.3 Å². The van der Waals surface area contributed by atoms with Crippen molar-refractivity contribution in [1.82, 2.24) is 5.32 Å². The third kappa shape index (κ3) is 4.41. The molecule has 0 radical (unpaired) electrons. The quantitative estimate of drug-likeness (QED) is 0.274. The maximum absolute atomic E-state index is 11.4. The van der Waals surface area contributed by atoms with Crippen LogP contribution in [0.4, 0.5) is 0 Å². The minimum Gasteiger partial charge on any atom is -0.380 e. The summed E-state index contributed by atoms with van der Waals surface area (Å²) in [6.45, 7) is 1.32. The van der Waals surface area contributed by atoms with E-state index in [9.17, 15) is 10.2 Å². The molecule has 0 aliphatic rings. The van der Waals surface area contributed by atoms with Crippen molar-refractivity contribution in [3.8, 4) is 0 Å². The molecule has 4 rings (SSSR count). The van der Waals surface area contributed by atoms with E-state index in [2.05, 4.69) is 5.32 Å². The predicted molar refractivity (Wildman–Crippen MR) is 125 cm³/mol. The highest BCUT2D eigenvalue weighted by Gasteiger charge is 2.33. The van der Waals surface area contributed by atoms with Crippen LogP contribution in [0.1, 0.15) is 35.1 Å². The van der Waals surface area contributed by atoms with Crippen molar-refractivity contribution in [2.45, 2.75) is 24.0 Å². The molecule has 4 heterocycles. The first-order valence-electron chi connectivity index (χ1n) is 9.39. The Hall–Kier alpha value is -1.32. The number of rotatable bonds is 10. The summed E-state index contributed by atoms with van der Waals surface area (Å²) >= 11 is 6.40. The van der Waals surface area contributed by atoms with Crippen molar-refractivity contribution in [2.24, 2.45) is 0 Å². The summed E-state index contributed by atoms with van der Waals surface area (Å²) in [7, 11) is 0. The van der Waals surface area contributed by atoms with Gasteiger partial charge in [-0.2, -0.15) is 45.3 Å². The molecule has 0 amide bonds. The van der Waals surface area contributed by atoms with Gasteiger partial charge in [-0.3, -0.25) is 0 Å². The Morgan fingerprint density at radius 1 is 0.586 bits per heavy atom. The van der Waals surface area contributed by atoms with Gasteiger partial charge in [0.15, 0.2) is 0 Å². The Bertz CT molecular complexity index is 812. The Labute approximate surface area is 186 Å². The van der Waals surface area contributed by atoms with E-state index in [0.717, 1.165) is 22.3 Å². The molecule has 0 fully saturated rings. The molecular formula is C22H23NO2S4. The molecule has 0 aromatic carbocycles. The summed E-state index contributed by atoms with van der Waals surface area (Å²) < 4.78 is 0. The second-order valence-electron chi connectivity index (χ2n) is 7.02. The van der Waals surface area contributed by atoms with Gasteiger partial charge in [0.1, 0.15) is 11.2 Å². The van der Waals surface area contributed by atoms with Crippen molar-refractivity contribution in [3.05, 3.63) is 89.6 Å². The molecule has 0 spiro atoms. The highest BCUT2D eigenvalue weighted by Crippen LogP contribution is 2.36. The van der Waals surface area contributed by atoms with Gasteiger partial charge in [0.05, 0.1) is 0 Å². The van der Waals surface area contributed by atoms with Crippen LogP contribution in [0.5, 0.6) is 0 Å². The molecule has 0 unspecified atom stereocenters. The summed E-state index contributed by atoms with van der Waals surface area (Å²) in [5.41, 5.74) is 1.80. The number of aliphatic hydroxyl groups is 2. The summed E-state index contributed by atoms with van der Waals surface area (Å²) in [4.78, 5) is 0. The number of hydrogen-bond acceptors (Lipinski definition) is 7. The zero-order chi connectivity index (χ0) is 20.2. The van der Waals surface area contributed by atoms with Crippen LogP contribution in [0.25, 0.3) is 0 Å². The van der Waals surface area contributed by atoms with Gasteiger partial charge in [-0.05, 0) is 115 Å². The molecule has 152 valence electrons. The van der Waals surface area contributed by atoms with Crippen LogP contribution in [0, 0.1) is 0 Å². The maximum Gasteiger partial charge on any atom is 0.117 e. The van der Waals surface area contributed by atoms with Gasteiger partial charge in [0.25, 0.3) is 0 Å². The second kappa shape index (κ2) is 9.22. The van der Waals surface area contributed by atoms with Gasteiger partial charge in [-0.15, -0.1) is 0 Å². The molecule has 0 saturated carbocycles. The van der Waals surface area contributed by atoms with Crippen LogP contribution in [-0.4, -0.2) is 23.3 Å². The molecule has 0 saturated heterocycles. The van der Waals surface area contributed by atoms with Gasteiger partial charge < -0.3 is 15.5 Å². The maximum atomic E-state index is 11.4. The van der Waals surface area contributed by atoms with Crippen molar-refractivity contribution < 1.29 is 10.2 Å². The average molecular weight is 462 g/mol. The topological polar surface area (TPSA) is 52.5 Å². The minimum absolute atomic E-state index is 0.579. The summed E-state index contributed by atoms with van der Waals surface area (Å²) in [6.07, 6.45) is 1.16. The zero-order valence-corrected chi connectivity index (χ0v) is 19.1. The normalized spacial score (nSPS) is 12.5. The van der Waals surface area contributed by atoms with E-state index < -0.39 is 11.2 Å². The second-order valence-corrected chi connectivity index (χ2v) is 10.1. The van der Waals surface area contributed by atoms with E-state index in [-0.39, 0.29) is 0 Å². The van der Waals surface area contributed by atoms with E-state index in [1.807, 2.05) is 67.3 Å². The van der Waals surface area contributed by atoms with E-state index in [4.69, 9.17) is 0 Å². The Balaban J connectivity index is 1.39. The first kappa shape index (κ1) is 20.9. The fourth-order valence-electron chi connectivity index (χ4n) is 3.57. The summed E-state index contributed by atoms with van der Waals surface area (Å²) in [6, 6.07) is 7.98. The highest BCUT2D eigenvalue weighted by atomic mass is 32.1. The van der Waals surface area contributed by atoms with Crippen molar-refractivity contribution in [2.75, 3.05) is 13.1 Å². The highest BCUT2D eigenvalue weighted by molar-refractivity contribution is 7.08. The van der Waals surface area contributed by atoms with Crippen LogP contribution in [0.15, 0.2) is 67.3 Å². The Kier molecular flexibility index (Phi) is 6.66. The first-order valence-corrected chi connectivity index (χ1v) is 13.2. The smallest absolute Gasteiger partial charge is 0.117 e. The molecule has 3 N–H and O–H groups in total. The number of nitrogens with one attached hydrogen (secondary N) is 1. The third-order valence-corrected chi connectivity index (χ3v) is 8.06. The largest absolute Gasteiger partial charge is 0.380 e. The fraction of sp³-hybridized carbons (Fsp3) is 0.273. The Morgan fingerprint density at radius 2 is 0.897 bits per heavy atom. The van der Waals surface area contributed by atoms with Gasteiger partial charge in [-0.1, -0.05) is 0 Å². The third-order valence-electron chi connectivity index (χ3n) is 5.32. The molecule has 4 aromatic rings. The van der Waals surface area contributed by atoms with Gasteiger partial charge in [0, 0.05) is 0 Å². The molecule has 3 nitrogen and oxygen atoms in total. The minimum atomic E-state index is -0.982. The fourth-order valence-corrected chi connectivity index (χ4v) is 6.47. The van der Waals surface area contributed by atoms with Crippen LogP contribution in [-0.2, 0) is 11.2 Å². The number of thiophene rings is 4. The average Bonchev–Trinajstić information content (AvgIpc) is 3.55. The Morgan fingerprint density at radius 3 is 1.14 bits per heavy atom. The SMILES string of the molecule is OC(CCNCCC(O)(c1ccsc1)c1ccsc1)(c1ccsc1)c1ccsc1. The molecule has 0 atom stereocenters. The molecular weight excluding hydrogens is 439 g/mol. The lowest BCUT2D eigenvalue weighted by Crippen LogP contribution is -2.34. The lowest BCUT2D eigenvalue weighted by atomic mass is 9.86. The molecule has 0 aliphatic carbocycles. The standard InChI is InChI=1S/C22H23NO2S4/c24-21(17-1-9-26-13-17,18-2-10-27-14-18)5-7-23-8-6-22(25,19-3-11-28-15-19)20-4-12-29-16-20/h1-4,9-16,23-25H,5-8H2. The van der Waals surface area contributed by atoms with Crippen molar-refractivity contribution in [1.29, 1.82) is 0 Å². The van der Waals surface area contributed by atoms with Crippen molar-refractivity contribution in [3.63, 3.8) is 0 Å². The lowest BCUT2D eigenvalue weighted by molar-refractivity contribution is 0.0647.